The van der Waals surface area contributed by atoms with Crippen LogP contribution in [0.2, 0.25) is 0 Å². The number of ether oxygens (including phenoxy) is 1. The first kappa shape index (κ1) is 17.1. The maximum absolute atomic E-state index is 12.4. The number of alkyl carbamates (subject to hydrolysis) is 1. The van der Waals surface area contributed by atoms with Gasteiger partial charge >= 0.3 is 6.09 Å². The summed E-state index contributed by atoms with van der Waals surface area (Å²) in [5.41, 5.74) is 0.298. The molecule has 1 unspecified atom stereocenters. The minimum absolute atomic E-state index is 0.00754. The zero-order valence-corrected chi connectivity index (χ0v) is 13.3. The molecule has 1 rings (SSSR count). The molecule has 1 aromatic heterocycles. The Morgan fingerprint density at radius 2 is 1.81 bits per heavy atom. The predicted molar refractivity (Wildman–Crippen MR) is 80.9 cm³/mol. The van der Waals surface area contributed by atoms with Gasteiger partial charge in [-0.25, -0.2) is 4.79 Å². The number of carbonyl (C=O) groups excluding carboxylic acids is 2. The summed E-state index contributed by atoms with van der Waals surface area (Å²) in [4.78, 5) is 28.1. The second-order valence-electron chi connectivity index (χ2n) is 6.37. The Labute approximate surface area is 126 Å². The number of amides is 1. The highest BCUT2D eigenvalue weighted by molar-refractivity contribution is 5.89. The highest BCUT2D eigenvalue weighted by Gasteiger charge is 2.26. The molecule has 0 spiro atoms. The van der Waals surface area contributed by atoms with Crippen LogP contribution in [-0.4, -0.2) is 28.5 Å². The molecule has 1 amide bonds. The average molecular weight is 292 g/mol. The first-order valence-electron chi connectivity index (χ1n) is 7.10. The summed E-state index contributed by atoms with van der Waals surface area (Å²) in [6, 6.07) is 3.03. The summed E-state index contributed by atoms with van der Waals surface area (Å²) in [5, 5.41) is 2.67. The molecule has 0 aromatic carbocycles. The van der Waals surface area contributed by atoms with Crippen LogP contribution in [0.1, 0.15) is 40.2 Å². The average Bonchev–Trinajstić information content (AvgIpc) is 2.34. The Morgan fingerprint density at radius 3 is 2.29 bits per heavy atom. The van der Waals surface area contributed by atoms with Crippen LogP contribution in [0.25, 0.3) is 0 Å². The topological polar surface area (TPSA) is 68.3 Å². The molecule has 0 aliphatic rings. The van der Waals surface area contributed by atoms with Crippen LogP contribution in [0.5, 0.6) is 0 Å². The summed E-state index contributed by atoms with van der Waals surface area (Å²) in [5.74, 6) is -0.0473. The smallest absolute Gasteiger partial charge is 0.408 e. The van der Waals surface area contributed by atoms with Crippen LogP contribution in [-0.2, 0) is 16.0 Å². The van der Waals surface area contributed by atoms with Gasteiger partial charge in [0.25, 0.3) is 0 Å². The van der Waals surface area contributed by atoms with E-state index in [4.69, 9.17) is 4.74 Å². The van der Waals surface area contributed by atoms with Gasteiger partial charge in [0.05, 0.1) is 6.04 Å². The number of pyridine rings is 1. The van der Waals surface area contributed by atoms with Crippen LogP contribution in [0.4, 0.5) is 4.79 Å². The first-order chi connectivity index (χ1) is 9.69. The molecule has 1 heterocycles. The van der Waals surface area contributed by atoms with Crippen molar-refractivity contribution < 1.29 is 14.3 Å². The number of hydrogen-bond donors (Lipinski definition) is 1. The lowest BCUT2D eigenvalue weighted by molar-refractivity contribution is -0.121. The quantitative estimate of drug-likeness (QED) is 0.906. The largest absolute Gasteiger partial charge is 0.444 e. The summed E-state index contributed by atoms with van der Waals surface area (Å²) < 4.78 is 5.21. The zero-order valence-electron chi connectivity index (χ0n) is 13.3. The number of rotatable bonds is 5. The molecule has 116 valence electrons. The van der Waals surface area contributed by atoms with Gasteiger partial charge in [0.2, 0.25) is 0 Å². The van der Waals surface area contributed by atoms with E-state index in [-0.39, 0.29) is 18.1 Å². The van der Waals surface area contributed by atoms with E-state index in [2.05, 4.69) is 10.3 Å². The molecule has 0 radical (unpaired) electrons. The molecule has 0 bridgehead atoms. The summed E-state index contributed by atoms with van der Waals surface area (Å²) in [7, 11) is 0. The van der Waals surface area contributed by atoms with Gasteiger partial charge in [0.1, 0.15) is 5.60 Å². The van der Waals surface area contributed by atoms with Crippen LogP contribution >= 0.6 is 0 Å². The lowest BCUT2D eigenvalue weighted by Gasteiger charge is -2.25. The molecule has 0 saturated heterocycles. The van der Waals surface area contributed by atoms with Gasteiger partial charge in [-0.15, -0.1) is 0 Å². The standard InChI is InChI=1S/C16H24N2O3/c1-11(2)14(18-15(20)21-16(3,4)5)13(19)10-12-6-8-17-9-7-12/h6-9,11,14H,10H2,1-5H3,(H,18,20). The van der Waals surface area contributed by atoms with E-state index in [1.54, 1.807) is 45.3 Å². The van der Waals surface area contributed by atoms with Crippen molar-refractivity contribution >= 4 is 11.9 Å². The Morgan fingerprint density at radius 1 is 1.24 bits per heavy atom. The lowest BCUT2D eigenvalue weighted by Crippen LogP contribution is -2.47. The van der Waals surface area contributed by atoms with Crippen LogP contribution in [0, 0.1) is 5.92 Å². The Balaban J connectivity index is 2.69. The third-order valence-corrected chi connectivity index (χ3v) is 2.81. The second kappa shape index (κ2) is 7.20. The Bertz CT molecular complexity index is 478. The molecule has 0 aliphatic heterocycles. The van der Waals surface area contributed by atoms with Crippen molar-refractivity contribution in [1.82, 2.24) is 10.3 Å². The van der Waals surface area contributed by atoms with Gasteiger partial charge in [0, 0.05) is 18.8 Å². The highest BCUT2D eigenvalue weighted by atomic mass is 16.6. The summed E-state index contributed by atoms with van der Waals surface area (Å²) in [6.45, 7) is 9.15. The minimum Gasteiger partial charge on any atom is -0.444 e. The van der Waals surface area contributed by atoms with Gasteiger partial charge in [-0.2, -0.15) is 0 Å². The number of aromatic nitrogens is 1. The third-order valence-electron chi connectivity index (χ3n) is 2.81. The van der Waals surface area contributed by atoms with Crippen molar-refractivity contribution in [3.05, 3.63) is 30.1 Å². The van der Waals surface area contributed by atoms with Crippen molar-refractivity contribution in [3.63, 3.8) is 0 Å². The molecule has 1 atom stereocenters. The van der Waals surface area contributed by atoms with Gasteiger partial charge in [-0.05, 0) is 44.4 Å². The molecular weight excluding hydrogens is 268 g/mol. The van der Waals surface area contributed by atoms with Crippen molar-refractivity contribution in [2.45, 2.75) is 52.7 Å². The molecule has 1 aromatic rings. The molecule has 5 nitrogen and oxygen atoms in total. The molecule has 21 heavy (non-hydrogen) atoms. The summed E-state index contributed by atoms with van der Waals surface area (Å²) >= 11 is 0. The monoisotopic (exact) mass is 292 g/mol. The number of nitrogens with one attached hydrogen (secondary N) is 1. The molecule has 1 N–H and O–H groups in total. The maximum atomic E-state index is 12.4. The predicted octanol–water partition coefficient (Wildman–Crippen LogP) is 2.74. The molecule has 5 heteroatoms. The van der Waals surface area contributed by atoms with E-state index in [1.165, 1.54) is 0 Å². The molecule has 0 aliphatic carbocycles. The second-order valence-corrected chi connectivity index (χ2v) is 6.37. The first-order valence-corrected chi connectivity index (χ1v) is 7.10. The Kier molecular flexibility index (Phi) is 5.88. The van der Waals surface area contributed by atoms with Crippen molar-refractivity contribution in [1.29, 1.82) is 0 Å². The van der Waals surface area contributed by atoms with Crippen molar-refractivity contribution in [3.8, 4) is 0 Å². The van der Waals surface area contributed by atoms with E-state index < -0.39 is 17.7 Å². The SMILES string of the molecule is CC(C)C(NC(=O)OC(C)(C)C)C(=O)Cc1ccncc1. The number of nitrogens with zero attached hydrogens (tertiary/aromatic N) is 1. The van der Waals surface area contributed by atoms with E-state index in [0.29, 0.717) is 0 Å². The number of ketones is 1. The fourth-order valence-electron chi connectivity index (χ4n) is 1.87. The fraction of sp³-hybridized carbons (Fsp3) is 0.562. The molecule has 0 fully saturated rings. The van der Waals surface area contributed by atoms with Gasteiger partial charge in [-0.3, -0.25) is 9.78 Å². The third kappa shape index (κ3) is 6.38. The molecular formula is C16H24N2O3. The van der Waals surface area contributed by atoms with E-state index in [0.717, 1.165) is 5.56 Å². The minimum atomic E-state index is -0.584. The van der Waals surface area contributed by atoms with Crippen molar-refractivity contribution in [2.75, 3.05) is 0 Å². The van der Waals surface area contributed by atoms with E-state index in [1.807, 2.05) is 13.8 Å². The lowest BCUT2D eigenvalue weighted by atomic mass is 9.96. The van der Waals surface area contributed by atoms with Gasteiger partial charge < -0.3 is 10.1 Å². The number of carbonyl (C=O) groups is 2. The van der Waals surface area contributed by atoms with E-state index in [9.17, 15) is 9.59 Å². The summed E-state index contributed by atoms with van der Waals surface area (Å²) in [6.07, 6.45) is 2.99. The van der Waals surface area contributed by atoms with Gasteiger partial charge in [-0.1, -0.05) is 13.8 Å². The normalized spacial score (nSPS) is 12.9. The van der Waals surface area contributed by atoms with Gasteiger partial charge in [0.15, 0.2) is 5.78 Å². The fourth-order valence-corrected chi connectivity index (χ4v) is 1.87. The van der Waals surface area contributed by atoms with Crippen LogP contribution < -0.4 is 5.32 Å². The maximum Gasteiger partial charge on any atom is 0.408 e. The Hall–Kier alpha value is -1.91. The van der Waals surface area contributed by atoms with Crippen molar-refractivity contribution in [2.24, 2.45) is 5.92 Å². The molecule has 0 saturated carbocycles. The zero-order chi connectivity index (χ0) is 16.0. The van der Waals surface area contributed by atoms with E-state index >= 15 is 0 Å². The number of hydrogen-bond acceptors (Lipinski definition) is 4. The highest BCUT2D eigenvalue weighted by Crippen LogP contribution is 2.11. The van der Waals surface area contributed by atoms with Crippen LogP contribution in [0.3, 0.4) is 0 Å². The number of Topliss-reactive ketones (excluding diaryl/α,β-unsaturated/α-hetero) is 1. The van der Waals surface area contributed by atoms with Crippen LogP contribution in [0.15, 0.2) is 24.5 Å².